The van der Waals surface area contributed by atoms with E-state index in [1.54, 1.807) is 69.9 Å². The van der Waals surface area contributed by atoms with E-state index in [2.05, 4.69) is 9.97 Å². The van der Waals surface area contributed by atoms with E-state index in [4.69, 9.17) is 24.2 Å². The number of methoxy groups -OCH3 is 3. The van der Waals surface area contributed by atoms with Gasteiger partial charge in [0.2, 0.25) is 0 Å². The zero-order valence-electron chi connectivity index (χ0n) is 33.4. The van der Waals surface area contributed by atoms with E-state index in [0.717, 1.165) is 27.8 Å². The van der Waals surface area contributed by atoms with Gasteiger partial charge in [0.05, 0.1) is 61.2 Å². The summed E-state index contributed by atoms with van der Waals surface area (Å²) in [6.45, 7) is -0.458. The maximum absolute atomic E-state index is 16.5. The van der Waals surface area contributed by atoms with Crippen LogP contribution in [0, 0.1) is 23.3 Å². The molecule has 3 N–H and O–H groups in total. The van der Waals surface area contributed by atoms with Crippen molar-refractivity contribution >= 4 is 58.1 Å². The van der Waals surface area contributed by atoms with Crippen molar-refractivity contribution in [2.75, 3.05) is 33.7 Å². The fourth-order valence-corrected chi connectivity index (χ4v) is 8.49. The molecule has 4 aromatic carbocycles. The fourth-order valence-electron chi connectivity index (χ4n) is 7.76. The van der Waals surface area contributed by atoms with E-state index in [1.807, 2.05) is 72.8 Å². The van der Waals surface area contributed by atoms with E-state index in [-0.39, 0.29) is 22.5 Å². The van der Waals surface area contributed by atoms with Gasteiger partial charge < -0.3 is 29.3 Å². The second kappa shape index (κ2) is 16.8. The molecule has 310 valence electrons. The number of aromatic amines is 2. The van der Waals surface area contributed by atoms with Gasteiger partial charge >= 0.3 is 0 Å². The molecule has 0 saturated heterocycles. The van der Waals surface area contributed by atoms with Crippen LogP contribution in [-0.2, 0) is 0 Å². The Morgan fingerprint density at radius 2 is 0.774 bits per heavy atom. The highest BCUT2D eigenvalue weighted by Crippen LogP contribution is 2.42. The number of nitrogens with zero attached hydrogens (tertiary/aromatic N) is 2. The van der Waals surface area contributed by atoms with E-state index in [9.17, 15) is 5.11 Å². The number of fused-ring (bicyclic) bond motifs is 8. The van der Waals surface area contributed by atoms with Gasteiger partial charge in [0.25, 0.3) is 0 Å². The molecule has 62 heavy (non-hydrogen) atoms. The van der Waals surface area contributed by atoms with Crippen LogP contribution in [-0.4, -0.2) is 58.7 Å². The Balaban J connectivity index is 1.46. The number of aliphatic hydroxyl groups excluding tert-OH is 1. The van der Waals surface area contributed by atoms with Gasteiger partial charge in [-0.25, -0.2) is 27.5 Å². The maximum Gasteiger partial charge on any atom is 0.176 e. The molecule has 0 spiro atoms. The van der Waals surface area contributed by atoms with Gasteiger partial charge in [0.1, 0.15) is 17.2 Å². The van der Waals surface area contributed by atoms with Crippen LogP contribution in [0.5, 0.6) is 17.2 Å². The van der Waals surface area contributed by atoms with E-state index >= 15 is 17.6 Å². The number of hydrogen-bond donors (Lipinski definition) is 3. The highest BCUT2D eigenvalue weighted by atomic mass is 32.2. The van der Waals surface area contributed by atoms with Crippen LogP contribution in [0.15, 0.2) is 102 Å². The predicted molar refractivity (Wildman–Crippen MR) is 238 cm³/mol. The summed E-state index contributed by atoms with van der Waals surface area (Å²) in [5.41, 5.74) is 6.83. The average molecular weight is 853 g/mol. The molecule has 2 aliphatic rings. The number of nitrogens with one attached hydrogen (secondary N) is 2. The summed E-state index contributed by atoms with van der Waals surface area (Å²) in [6.07, 6.45) is 7.06. The standard InChI is InChI=1S/C49H36F4N4O4S/c1-59-29-10-4-26(5-11-29)40-32-16-18-34(54-32)41(27-6-12-30(60-2)13-7-27)36-20-22-38(56-36)43(44-45(50)47(52)49(62-25-24-58)48(53)46(44)51)39-23-21-37(57-39)42(35-19-17-33(40)55-35)28-8-14-31(61-3)15-9-28/h4-23,54,57-58H,24-25H2,1-3H3. The van der Waals surface area contributed by atoms with Crippen LogP contribution in [0.4, 0.5) is 17.6 Å². The van der Waals surface area contributed by atoms with E-state index in [0.29, 0.717) is 68.3 Å². The van der Waals surface area contributed by atoms with Crippen molar-refractivity contribution in [1.29, 1.82) is 0 Å². The molecular formula is C49H36F4N4O4S. The zero-order chi connectivity index (χ0) is 43.1. The van der Waals surface area contributed by atoms with Crippen molar-refractivity contribution < 1.29 is 36.9 Å². The second-order valence-corrected chi connectivity index (χ2v) is 15.3. The van der Waals surface area contributed by atoms with Crippen LogP contribution in [0.3, 0.4) is 0 Å². The van der Waals surface area contributed by atoms with Crippen molar-refractivity contribution in [2.45, 2.75) is 4.90 Å². The van der Waals surface area contributed by atoms with Crippen LogP contribution < -0.4 is 14.2 Å². The molecule has 5 heterocycles. The summed E-state index contributed by atoms with van der Waals surface area (Å²) in [5.74, 6) is -4.61. The monoisotopic (exact) mass is 852 g/mol. The smallest absolute Gasteiger partial charge is 0.176 e. The van der Waals surface area contributed by atoms with Crippen molar-refractivity contribution in [3.05, 3.63) is 143 Å². The summed E-state index contributed by atoms with van der Waals surface area (Å²) in [6, 6.07) is 29.6. The number of halogens is 4. The van der Waals surface area contributed by atoms with Crippen LogP contribution >= 0.6 is 11.8 Å². The highest BCUT2D eigenvalue weighted by molar-refractivity contribution is 7.99. The Morgan fingerprint density at radius 1 is 0.452 bits per heavy atom. The first kappa shape index (κ1) is 40.3. The van der Waals surface area contributed by atoms with Crippen molar-refractivity contribution in [1.82, 2.24) is 19.9 Å². The van der Waals surface area contributed by atoms with Crippen molar-refractivity contribution in [2.24, 2.45) is 0 Å². The van der Waals surface area contributed by atoms with E-state index in [1.165, 1.54) is 0 Å². The number of thioether (sulfide) groups is 1. The Kier molecular flexibility index (Phi) is 10.9. The van der Waals surface area contributed by atoms with Gasteiger partial charge in [-0.3, -0.25) is 0 Å². The normalized spacial score (nSPS) is 11.9. The number of H-pyrrole nitrogens is 2. The first-order valence-corrected chi connectivity index (χ1v) is 20.4. The quantitative estimate of drug-likeness (QED) is 0.0715. The summed E-state index contributed by atoms with van der Waals surface area (Å²) >= 11 is 0.478. The Labute approximate surface area is 357 Å². The molecule has 7 aromatic rings. The molecule has 0 atom stereocenters. The minimum Gasteiger partial charge on any atom is -0.497 e. The first-order valence-electron chi connectivity index (χ1n) is 19.4. The third-order valence-electron chi connectivity index (χ3n) is 10.7. The summed E-state index contributed by atoms with van der Waals surface area (Å²) < 4.78 is 81.1. The number of ether oxygens (including phenoxy) is 3. The molecule has 0 amide bonds. The topological polar surface area (TPSA) is 105 Å². The van der Waals surface area contributed by atoms with Gasteiger partial charge in [-0.2, -0.15) is 0 Å². The van der Waals surface area contributed by atoms with Gasteiger partial charge in [0, 0.05) is 50.1 Å². The summed E-state index contributed by atoms with van der Waals surface area (Å²) in [5, 5.41) is 9.34. The first-order chi connectivity index (χ1) is 30.2. The minimum atomic E-state index is -1.61. The summed E-state index contributed by atoms with van der Waals surface area (Å²) in [7, 11) is 4.75. The van der Waals surface area contributed by atoms with Gasteiger partial charge in [-0.05, 0) is 102 Å². The number of benzene rings is 4. The van der Waals surface area contributed by atoms with Gasteiger partial charge in [-0.15, -0.1) is 11.8 Å². The Morgan fingerprint density at radius 3 is 1.10 bits per heavy atom. The van der Waals surface area contributed by atoms with Crippen molar-refractivity contribution in [3.8, 4) is 61.8 Å². The number of aliphatic hydroxyl groups is 1. The molecule has 0 fully saturated rings. The third kappa shape index (κ3) is 7.18. The molecule has 0 radical (unpaired) electrons. The lowest BCUT2D eigenvalue weighted by Gasteiger charge is -2.13. The molecule has 3 aromatic heterocycles. The Hall–Kier alpha value is -7.09. The fraction of sp³-hybridized carbons (Fsp3) is 0.102. The lowest BCUT2D eigenvalue weighted by molar-refractivity contribution is 0.322. The van der Waals surface area contributed by atoms with Crippen LogP contribution in [0.2, 0.25) is 0 Å². The zero-order valence-corrected chi connectivity index (χ0v) is 34.3. The average Bonchev–Trinajstić information content (AvgIpc) is 4.16. The molecular weight excluding hydrogens is 817 g/mol. The molecule has 0 aliphatic carbocycles. The van der Waals surface area contributed by atoms with Gasteiger partial charge in [0.15, 0.2) is 23.3 Å². The molecule has 0 unspecified atom stereocenters. The molecule has 9 rings (SSSR count). The molecule has 2 aliphatic heterocycles. The Bertz CT molecular complexity index is 3030. The minimum absolute atomic E-state index is 0.0378. The van der Waals surface area contributed by atoms with Crippen LogP contribution in [0.25, 0.3) is 90.9 Å². The van der Waals surface area contributed by atoms with Gasteiger partial charge in [-0.1, -0.05) is 36.4 Å². The highest BCUT2D eigenvalue weighted by Gasteiger charge is 2.30. The summed E-state index contributed by atoms with van der Waals surface area (Å²) in [4.78, 5) is 16.3. The molecule has 13 heteroatoms. The molecule has 8 nitrogen and oxygen atoms in total. The number of rotatable bonds is 10. The largest absolute Gasteiger partial charge is 0.497 e. The lowest BCUT2D eigenvalue weighted by Crippen LogP contribution is -2.04. The SMILES string of the molecule is COc1ccc(-c2c3nc(c(-c4ccc(OC)cc4)c4ccc([nH]4)c(-c4c(F)c(F)c(SCCO)c(F)c4F)c4nc(c(-c5ccc(OC)cc5)c5ccc2[nH]5)C=C4)C=C3)cc1. The molecule has 0 saturated carbocycles. The third-order valence-corrected chi connectivity index (χ3v) is 11.7. The van der Waals surface area contributed by atoms with E-state index < -0.39 is 40.3 Å². The second-order valence-electron chi connectivity index (χ2n) is 14.2. The number of hydrogen-bond acceptors (Lipinski definition) is 7. The predicted octanol–water partition coefficient (Wildman–Crippen LogP) is 12.0. The molecule has 8 bridgehead atoms. The maximum atomic E-state index is 16.5. The van der Waals surface area contributed by atoms with Crippen LogP contribution in [0.1, 0.15) is 22.8 Å². The number of aromatic nitrogens is 4. The lowest BCUT2D eigenvalue weighted by atomic mass is 10.0. The van der Waals surface area contributed by atoms with Crippen molar-refractivity contribution in [3.63, 3.8) is 0 Å².